The van der Waals surface area contributed by atoms with Crippen molar-refractivity contribution in [2.75, 3.05) is 11.9 Å². The molecule has 0 bridgehead atoms. The number of aryl methyl sites for hydroxylation is 1. The third kappa shape index (κ3) is 7.23. The first-order chi connectivity index (χ1) is 15.8. The molecule has 33 heavy (non-hydrogen) atoms. The van der Waals surface area contributed by atoms with Gasteiger partial charge in [0, 0.05) is 24.4 Å². The number of aromatic nitrogens is 1. The molecule has 0 aliphatic rings. The Kier molecular flexibility index (Phi) is 8.73. The monoisotopic (exact) mass is 484 g/mol. The molecule has 0 radical (unpaired) electrons. The highest BCUT2D eigenvalue weighted by molar-refractivity contribution is 7.14. The molecule has 9 heteroatoms. The van der Waals surface area contributed by atoms with E-state index in [0.29, 0.717) is 16.6 Å². The number of benzene rings is 1. The Morgan fingerprint density at radius 1 is 1.06 bits per heavy atom. The van der Waals surface area contributed by atoms with Crippen LogP contribution < -0.4 is 16.0 Å². The van der Waals surface area contributed by atoms with Gasteiger partial charge in [0.15, 0.2) is 5.13 Å². The van der Waals surface area contributed by atoms with Crippen LogP contribution in [0.3, 0.4) is 0 Å². The molecule has 3 amide bonds. The maximum absolute atomic E-state index is 12.8. The number of carbonyl (C=O) groups is 3. The number of hydrogen-bond acceptors (Lipinski definition) is 6. The van der Waals surface area contributed by atoms with Crippen LogP contribution in [0.1, 0.15) is 42.4 Å². The van der Waals surface area contributed by atoms with Crippen molar-refractivity contribution in [3.63, 3.8) is 0 Å². The van der Waals surface area contributed by atoms with Crippen LogP contribution in [0.2, 0.25) is 0 Å². The van der Waals surface area contributed by atoms with Crippen molar-refractivity contribution < 1.29 is 14.4 Å². The van der Waals surface area contributed by atoms with Gasteiger partial charge in [-0.3, -0.25) is 14.4 Å². The third-order valence-electron chi connectivity index (χ3n) is 4.98. The van der Waals surface area contributed by atoms with E-state index in [9.17, 15) is 14.4 Å². The minimum Gasteiger partial charge on any atom is -0.356 e. The molecule has 0 spiro atoms. The van der Waals surface area contributed by atoms with Crippen molar-refractivity contribution in [1.29, 1.82) is 0 Å². The maximum Gasteiger partial charge on any atom is 0.262 e. The number of nitrogens with one attached hydrogen (secondary N) is 3. The van der Waals surface area contributed by atoms with Gasteiger partial charge in [0.05, 0.1) is 10.6 Å². The number of carbonyl (C=O) groups excluding carboxylic acids is 3. The standard InChI is InChI=1S/C24H28N4O3S2/c1-15(2)21(27-22(30)20-7-5-13-32-20)23(31)28-24-26-19(14-33-24)18-10-8-17(9-11-18)6-4-12-25-16(3)29/h5,7-11,13-15,21H,4,6,12H2,1-3H3,(H,25,29)(H,27,30)(H,26,28,31). The van der Waals surface area contributed by atoms with Gasteiger partial charge in [-0.25, -0.2) is 4.98 Å². The fraction of sp³-hybridized carbons (Fsp3) is 0.333. The predicted octanol–water partition coefficient (Wildman–Crippen LogP) is 4.33. The lowest BCUT2D eigenvalue weighted by molar-refractivity contribution is -0.119. The Morgan fingerprint density at radius 3 is 2.45 bits per heavy atom. The minimum atomic E-state index is -0.663. The number of thiazole rings is 1. The molecule has 3 N–H and O–H groups in total. The normalized spacial score (nSPS) is 11.8. The zero-order valence-corrected chi connectivity index (χ0v) is 20.5. The quantitative estimate of drug-likeness (QED) is 0.373. The van der Waals surface area contributed by atoms with Crippen molar-refractivity contribution in [1.82, 2.24) is 15.6 Å². The maximum atomic E-state index is 12.8. The number of rotatable bonds is 10. The summed E-state index contributed by atoms with van der Waals surface area (Å²) in [6, 6.07) is 11.0. The second-order valence-corrected chi connectivity index (χ2v) is 9.79. The second-order valence-electron chi connectivity index (χ2n) is 7.98. The molecule has 2 aromatic heterocycles. The molecule has 2 heterocycles. The first kappa shape index (κ1) is 24.6. The van der Waals surface area contributed by atoms with Gasteiger partial charge in [0.25, 0.3) is 5.91 Å². The largest absolute Gasteiger partial charge is 0.356 e. The van der Waals surface area contributed by atoms with Gasteiger partial charge < -0.3 is 16.0 Å². The van der Waals surface area contributed by atoms with E-state index < -0.39 is 6.04 Å². The Bertz CT molecular complexity index is 1080. The molecule has 3 aromatic rings. The van der Waals surface area contributed by atoms with E-state index in [0.717, 1.165) is 24.1 Å². The number of amides is 3. The highest BCUT2D eigenvalue weighted by Crippen LogP contribution is 2.26. The minimum absolute atomic E-state index is 0.0126. The molecule has 3 rings (SSSR count). The summed E-state index contributed by atoms with van der Waals surface area (Å²) in [4.78, 5) is 41.3. The molecular formula is C24H28N4O3S2. The first-order valence-corrected chi connectivity index (χ1v) is 12.5. The van der Waals surface area contributed by atoms with Crippen molar-refractivity contribution in [2.45, 2.75) is 39.7 Å². The Morgan fingerprint density at radius 2 is 1.82 bits per heavy atom. The van der Waals surface area contributed by atoms with Crippen molar-refractivity contribution in [2.24, 2.45) is 5.92 Å². The SMILES string of the molecule is CC(=O)NCCCc1ccc(-c2csc(NC(=O)C(NC(=O)c3cccs3)C(C)C)n2)cc1. The topological polar surface area (TPSA) is 100 Å². The Hall–Kier alpha value is -3.04. The predicted molar refractivity (Wildman–Crippen MR) is 134 cm³/mol. The lowest BCUT2D eigenvalue weighted by atomic mass is 10.0. The van der Waals surface area contributed by atoms with Gasteiger partial charge in [0.2, 0.25) is 11.8 Å². The molecule has 1 unspecified atom stereocenters. The Balaban J connectivity index is 1.58. The molecule has 1 aromatic carbocycles. The number of thiophene rings is 1. The van der Waals surface area contributed by atoms with E-state index in [2.05, 4.69) is 33.1 Å². The molecule has 0 saturated carbocycles. The molecule has 0 aliphatic carbocycles. The summed E-state index contributed by atoms with van der Waals surface area (Å²) >= 11 is 2.69. The van der Waals surface area contributed by atoms with E-state index in [-0.39, 0.29) is 23.6 Å². The summed E-state index contributed by atoms with van der Waals surface area (Å²) < 4.78 is 0. The number of anilines is 1. The van der Waals surface area contributed by atoms with Crippen LogP contribution in [-0.4, -0.2) is 35.3 Å². The summed E-state index contributed by atoms with van der Waals surface area (Å²) in [5, 5.41) is 12.7. The van der Waals surface area contributed by atoms with Crippen molar-refractivity contribution in [3.8, 4) is 11.3 Å². The van der Waals surface area contributed by atoms with Crippen molar-refractivity contribution >= 4 is 45.5 Å². The zero-order valence-electron chi connectivity index (χ0n) is 18.9. The fourth-order valence-corrected chi connectivity index (χ4v) is 4.55. The van der Waals surface area contributed by atoms with Crippen LogP contribution in [0.15, 0.2) is 47.2 Å². The highest BCUT2D eigenvalue weighted by atomic mass is 32.1. The van der Waals surface area contributed by atoms with Gasteiger partial charge in [-0.2, -0.15) is 0 Å². The first-order valence-electron chi connectivity index (χ1n) is 10.8. The highest BCUT2D eigenvalue weighted by Gasteiger charge is 2.25. The summed E-state index contributed by atoms with van der Waals surface area (Å²) in [5.74, 6) is -0.630. The molecule has 0 saturated heterocycles. The van der Waals surface area contributed by atoms with E-state index in [4.69, 9.17) is 0 Å². The second kappa shape index (κ2) is 11.7. The smallest absolute Gasteiger partial charge is 0.262 e. The van der Waals surface area contributed by atoms with Gasteiger partial charge in [-0.15, -0.1) is 22.7 Å². The third-order valence-corrected chi connectivity index (χ3v) is 6.61. The van der Waals surface area contributed by atoms with E-state index in [1.165, 1.54) is 35.2 Å². The molecule has 0 aliphatic heterocycles. The van der Waals surface area contributed by atoms with Crippen LogP contribution in [0, 0.1) is 5.92 Å². The molecular weight excluding hydrogens is 456 g/mol. The van der Waals surface area contributed by atoms with Gasteiger partial charge in [-0.05, 0) is 35.8 Å². The average Bonchev–Trinajstić information content (AvgIpc) is 3.47. The summed E-state index contributed by atoms with van der Waals surface area (Å²) in [6.45, 7) is 5.97. The molecule has 1 atom stereocenters. The Labute approximate surface area is 201 Å². The van der Waals surface area contributed by atoms with Crippen molar-refractivity contribution in [3.05, 3.63) is 57.6 Å². The van der Waals surface area contributed by atoms with Crippen LogP contribution in [0.4, 0.5) is 5.13 Å². The zero-order chi connectivity index (χ0) is 23.8. The summed E-state index contributed by atoms with van der Waals surface area (Å²) in [7, 11) is 0. The lowest BCUT2D eigenvalue weighted by Crippen LogP contribution is -2.46. The van der Waals surface area contributed by atoms with E-state index in [1.54, 1.807) is 12.1 Å². The number of nitrogens with zero attached hydrogens (tertiary/aromatic N) is 1. The number of hydrogen-bond donors (Lipinski definition) is 3. The molecule has 174 valence electrons. The van der Waals surface area contributed by atoms with Crippen LogP contribution >= 0.6 is 22.7 Å². The van der Waals surface area contributed by atoms with Crippen LogP contribution in [-0.2, 0) is 16.0 Å². The van der Waals surface area contributed by atoms with Gasteiger partial charge in [-0.1, -0.05) is 44.2 Å². The average molecular weight is 485 g/mol. The summed E-state index contributed by atoms with van der Waals surface area (Å²) in [6.07, 6.45) is 1.76. The summed E-state index contributed by atoms with van der Waals surface area (Å²) in [5.41, 5.74) is 2.93. The molecule has 0 fully saturated rings. The lowest BCUT2D eigenvalue weighted by Gasteiger charge is -2.20. The fourth-order valence-electron chi connectivity index (χ4n) is 3.20. The molecule has 7 nitrogen and oxygen atoms in total. The van der Waals surface area contributed by atoms with E-state index in [1.807, 2.05) is 36.7 Å². The van der Waals surface area contributed by atoms with Gasteiger partial charge >= 0.3 is 0 Å². The van der Waals surface area contributed by atoms with Gasteiger partial charge in [0.1, 0.15) is 6.04 Å². The van der Waals surface area contributed by atoms with Crippen LogP contribution in [0.5, 0.6) is 0 Å². The van der Waals surface area contributed by atoms with Crippen LogP contribution in [0.25, 0.3) is 11.3 Å². The van der Waals surface area contributed by atoms with E-state index >= 15 is 0 Å².